The zero-order valence-corrected chi connectivity index (χ0v) is 14.2. The Morgan fingerprint density at radius 1 is 1.12 bits per heavy atom. The molecule has 0 saturated carbocycles. The first-order valence-electron chi connectivity index (χ1n) is 7.69. The van der Waals surface area contributed by atoms with E-state index in [4.69, 9.17) is 8.83 Å². The summed E-state index contributed by atoms with van der Waals surface area (Å²) in [4.78, 5) is 11.4. The molecule has 0 unspecified atom stereocenters. The van der Waals surface area contributed by atoms with Crippen molar-refractivity contribution < 1.29 is 8.83 Å². The molecule has 6 nitrogen and oxygen atoms in total. The van der Waals surface area contributed by atoms with E-state index in [1.807, 2.05) is 0 Å². The summed E-state index contributed by atoms with van der Waals surface area (Å²) < 4.78 is 11.0. The molecule has 1 aliphatic carbocycles. The average molecular weight is 356 g/mol. The molecule has 120 valence electrons. The molecule has 0 bridgehead atoms. The van der Waals surface area contributed by atoms with Crippen LogP contribution in [0.15, 0.2) is 43.8 Å². The Balaban J connectivity index is 1.54. The molecule has 4 heterocycles. The molecule has 24 heavy (non-hydrogen) atoms. The Bertz CT molecular complexity index is 1010. The van der Waals surface area contributed by atoms with Crippen LogP contribution in [-0.2, 0) is 12.8 Å². The van der Waals surface area contributed by atoms with Gasteiger partial charge in [0.25, 0.3) is 11.1 Å². The van der Waals surface area contributed by atoms with Crippen LogP contribution in [0.1, 0.15) is 23.3 Å². The van der Waals surface area contributed by atoms with Gasteiger partial charge in [-0.15, -0.1) is 21.5 Å². The molecule has 0 N–H and O–H groups in total. The maximum absolute atomic E-state index is 5.69. The monoisotopic (exact) mass is 356 g/mol. The molecular formula is C16H12N4O2S2. The average Bonchev–Trinajstić information content (AvgIpc) is 3.34. The van der Waals surface area contributed by atoms with Gasteiger partial charge in [0.15, 0.2) is 5.76 Å². The number of hydrogen-bond donors (Lipinski definition) is 0. The molecule has 0 amide bonds. The predicted octanol–water partition coefficient (Wildman–Crippen LogP) is 4.36. The lowest BCUT2D eigenvalue weighted by Crippen LogP contribution is -1.98. The third-order valence-corrected chi connectivity index (χ3v) is 6.08. The fraction of sp³-hybridized carbons (Fsp3) is 0.250. The highest BCUT2D eigenvalue weighted by molar-refractivity contribution is 7.99. The van der Waals surface area contributed by atoms with Gasteiger partial charge in [0.05, 0.1) is 6.26 Å². The maximum Gasteiger partial charge on any atom is 0.284 e. The van der Waals surface area contributed by atoms with Crippen molar-refractivity contribution in [3.63, 3.8) is 0 Å². The van der Waals surface area contributed by atoms with Gasteiger partial charge in [-0.25, -0.2) is 9.97 Å². The number of fused-ring (bicyclic) bond motifs is 3. The van der Waals surface area contributed by atoms with Crippen LogP contribution in [0.4, 0.5) is 0 Å². The first kappa shape index (κ1) is 14.2. The van der Waals surface area contributed by atoms with E-state index in [0.717, 1.165) is 28.1 Å². The highest BCUT2D eigenvalue weighted by Crippen LogP contribution is 2.41. The second-order valence-electron chi connectivity index (χ2n) is 5.52. The summed E-state index contributed by atoms with van der Waals surface area (Å²) in [6.07, 6.45) is 7.91. The van der Waals surface area contributed by atoms with Gasteiger partial charge in [0, 0.05) is 10.3 Å². The molecular weight excluding hydrogens is 344 g/mol. The standard InChI is InChI=1S/C16H12N4O2S2/c1-2-6-11-9(4-1)12-14(23-11)17-8-18-15(12)24-16-20-19-13(22-16)10-5-3-7-21-10/h3,5,7-8H,1-2,4,6H2. The molecule has 0 spiro atoms. The topological polar surface area (TPSA) is 77.8 Å². The number of thiophene rings is 1. The minimum Gasteiger partial charge on any atom is -0.459 e. The Morgan fingerprint density at radius 3 is 3.00 bits per heavy atom. The third kappa shape index (κ3) is 2.33. The van der Waals surface area contributed by atoms with Crippen molar-refractivity contribution in [2.75, 3.05) is 0 Å². The third-order valence-electron chi connectivity index (χ3n) is 4.04. The second-order valence-corrected chi connectivity index (χ2v) is 7.55. The fourth-order valence-electron chi connectivity index (χ4n) is 2.97. The van der Waals surface area contributed by atoms with E-state index >= 15 is 0 Å². The Kier molecular flexibility index (Phi) is 3.37. The minimum atomic E-state index is 0.375. The summed E-state index contributed by atoms with van der Waals surface area (Å²) in [6, 6.07) is 3.58. The van der Waals surface area contributed by atoms with E-state index in [2.05, 4.69) is 20.2 Å². The van der Waals surface area contributed by atoms with Gasteiger partial charge in [-0.1, -0.05) is 0 Å². The van der Waals surface area contributed by atoms with Crippen molar-refractivity contribution in [2.24, 2.45) is 0 Å². The molecule has 0 radical (unpaired) electrons. The molecule has 0 aromatic carbocycles. The lowest BCUT2D eigenvalue weighted by molar-refractivity contribution is 0.447. The fourth-order valence-corrected chi connectivity index (χ4v) is 5.06. The van der Waals surface area contributed by atoms with Crippen LogP contribution in [0, 0.1) is 0 Å². The van der Waals surface area contributed by atoms with Crippen LogP contribution in [0.25, 0.3) is 21.9 Å². The van der Waals surface area contributed by atoms with Crippen molar-refractivity contribution in [1.82, 2.24) is 20.2 Å². The van der Waals surface area contributed by atoms with E-state index in [9.17, 15) is 0 Å². The van der Waals surface area contributed by atoms with E-state index in [-0.39, 0.29) is 0 Å². The Morgan fingerprint density at radius 2 is 2.08 bits per heavy atom. The lowest BCUT2D eigenvalue weighted by atomic mass is 9.97. The van der Waals surface area contributed by atoms with Crippen LogP contribution in [0.5, 0.6) is 0 Å². The predicted molar refractivity (Wildman–Crippen MR) is 90.2 cm³/mol. The van der Waals surface area contributed by atoms with E-state index in [1.54, 1.807) is 36.1 Å². The quantitative estimate of drug-likeness (QED) is 0.505. The number of rotatable bonds is 3. The Labute approximate surface area is 145 Å². The van der Waals surface area contributed by atoms with Crippen molar-refractivity contribution >= 4 is 33.3 Å². The summed E-state index contributed by atoms with van der Waals surface area (Å²) in [7, 11) is 0. The number of nitrogens with zero attached hydrogens (tertiary/aromatic N) is 4. The molecule has 0 fully saturated rings. The van der Waals surface area contributed by atoms with Crippen molar-refractivity contribution in [3.05, 3.63) is 35.2 Å². The van der Waals surface area contributed by atoms with E-state index in [0.29, 0.717) is 16.9 Å². The molecule has 0 saturated heterocycles. The number of aromatic nitrogens is 4. The normalized spacial score (nSPS) is 14.2. The van der Waals surface area contributed by atoms with Gasteiger partial charge in [0.2, 0.25) is 0 Å². The highest BCUT2D eigenvalue weighted by Gasteiger charge is 2.21. The summed E-state index contributed by atoms with van der Waals surface area (Å²) in [6.45, 7) is 0. The van der Waals surface area contributed by atoms with Crippen molar-refractivity contribution in [1.29, 1.82) is 0 Å². The minimum absolute atomic E-state index is 0.375. The molecule has 4 aromatic rings. The summed E-state index contributed by atoms with van der Waals surface area (Å²) in [5, 5.41) is 10.6. The van der Waals surface area contributed by atoms with Gasteiger partial charge in [-0.2, -0.15) is 0 Å². The van der Waals surface area contributed by atoms with Gasteiger partial charge < -0.3 is 8.83 Å². The molecule has 0 atom stereocenters. The SMILES string of the molecule is c1coc(-c2nnc(Sc3ncnc4sc5c(c34)CCCC5)o2)c1. The summed E-state index contributed by atoms with van der Waals surface area (Å²) in [5.41, 5.74) is 1.40. The first-order valence-corrected chi connectivity index (χ1v) is 9.32. The zero-order valence-electron chi connectivity index (χ0n) is 12.6. The van der Waals surface area contributed by atoms with E-state index < -0.39 is 0 Å². The summed E-state index contributed by atoms with van der Waals surface area (Å²) >= 11 is 3.17. The molecule has 4 aromatic heterocycles. The first-order chi connectivity index (χ1) is 11.9. The summed E-state index contributed by atoms with van der Waals surface area (Å²) in [5.74, 6) is 0.940. The smallest absolute Gasteiger partial charge is 0.284 e. The van der Waals surface area contributed by atoms with Crippen LogP contribution in [0.3, 0.4) is 0 Å². The molecule has 0 aliphatic heterocycles. The maximum atomic E-state index is 5.69. The molecule has 8 heteroatoms. The lowest BCUT2D eigenvalue weighted by Gasteiger charge is -2.10. The van der Waals surface area contributed by atoms with Crippen molar-refractivity contribution in [3.8, 4) is 11.7 Å². The second kappa shape index (κ2) is 5.71. The van der Waals surface area contributed by atoms with Crippen LogP contribution in [0.2, 0.25) is 0 Å². The van der Waals surface area contributed by atoms with Gasteiger partial charge in [-0.05, 0) is 55.1 Å². The van der Waals surface area contributed by atoms with Crippen LogP contribution < -0.4 is 0 Å². The number of aryl methyl sites for hydroxylation is 2. The van der Waals surface area contributed by atoms with Gasteiger partial charge >= 0.3 is 0 Å². The van der Waals surface area contributed by atoms with Crippen molar-refractivity contribution in [2.45, 2.75) is 35.9 Å². The Hall–Kier alpha value is -2.19. The number of furan rings is 1. The molecule has 1 aliphatic rings. The largest absolute Gasteiger partial charge is 0.459 e. The zero-order chi connectivity index (χ0) is 15.9. The van der Waals surface area contributed by atoms with Crippen LogP contribution in [-0.4, -0.2) is 20.2 Å². The van der Waals surface area contributed by atoms with Gasteiger partial charge in [-0.3, -0.25) is 0 Å². The number of hydrogen-bond acceptors (Lipinski definition) is 8. The molecule has 5 rings (SSSR count). The highest BCUT2D eigenvalue weighted by atomic mass is 32.2. The van der Waals surface area contributed by atoms with E-state index in [1.165, 1.54) is 35.0 Å². The van der Waals surface area contributed by atoms with Gasteiger partial charge in [0.1, 0.15) is 16.2 Å². The van der Waals surface area contributed by atoms with Crippen LogP contribution >= 0.6 is 23.1 Å².